The number of carbonyl (C=O) groups excluding carboxylic acids is 3. The second kappa shape index (κ2) is 7.25. The maximum absolute atomic E-state index is 12.7. The number of alkyl halides is 1. The van der Waals surface area contributed by atoms with Crippen molar-refractivity contribution in [2.45, 2.75) is 81.4 Å². The highest BCUT2D eigenvalue weighted by Gasteiger charge is 2.55. The number of halogens is 1. The van der Waals surface area contributed by atoms with Crippen molar-refractivity contribution in [3.63, 3.8) is 0 Å². The zero-order valence-electron chi connectivity index (χ0n) is 14.7. The summed E-state index contributed by atoms with van der Waals surface area (Å²) in [5.74, 6) is -0.956. The van der Waals surface area contributed by atoms with Gasteiger partial charge in [-0.25, -0.2) is 4.79 Å². The van der Waals surface area contributed by atoms with Crippen molar-refractivity contribution in [3.8, 4) is 0 Å². The van der Waals surface area contributed by atoms with E-state index in [1.165, 1.54) is 0 Å². The Bertz CT molecular complexity index is 564. The van der Waals surface area contributed by atoms with Gasteiger partial charge in [-0.2, -0.15) is 0 Å². The van der Waals surface area contributed by atoms with Crippen LogP contribution in [0.15, 0.2) is 0 Å². The molecular formula is C18H25BrO6. The lowest BCUT2D eigenvalue weighted by molar-refractivity contribution is -0.189. The molecule has 25 heavy (non-hydrogen) atoms. The first-order valence-corrected chi connectivity index (χ1v) is 10.0. The van der Waals surface area contributed by atoms with Gasteiger partial charge in [-0.3, -0.25) is 9.59 Å². The molecule has 0 N–H and O–H groups in total. The quantitative estimate of drug-likeness (QED) is 0.376. The smallest absolute Gasteiger partial charge is 0.347 e. The van der Waals surface area contributed by atoms with E-state index in [9.17, 15) is 14.4 Å². The predicted molar refractivity (Wildman–Crippen MR) is 91.9 cm³/mol. The highest BCUT2D eigenvalue weighted by Crippen LogP contribution is 2.51. The molecule has 0 radical (unpaired) electrons. The molecule has 0 aromatic heterocycles. The molecule has 2 saturated carbocycles. The van der Waals surface area contributed by atoms with Crippen LogP contribution in [0.25, 0.3) is 0 Å². The molecule has 2 aliphatic heterocycles. The van der Waals surface area contributed by atoms with Crippen molar-refractivity contribution in [1.82, 2.24) is 0 Å². The molecule has 6 atom stereocenters. The van der Waals surface area contributed by atoms with Gasteiger partial charge in [0, 0.05) is 12.8 Å². The van der Waals surface area contributed by atoms with E-state index in [0.717, 1.165) is 19.3 Å². The minimum atomic E-state index is -0.912. The molecule has 4 fully saturated rings. The van der Waals surface area contributed by atoms with E-state index in [-0.39, 0.29) is 18.0 Å². The van der Waals surface area contributed by atoms with Gasteiger partial charge in [-0.05, 0) is 38.0 Å². The number of carbonyl (C=O) groups is 3. The summed E-state index contributed by atoms with van der Waals surface area (Å²) in [5, 5.41) is 0. The van der Waals surface area contributed by atoms with Gasteiger partial charge < -0.3 is 14.2 Å². The summed E-state index contributed by atoms with van der Waals surface area (Å²) in [6.45, 7) is 3.64. The number of fused-ring (bicyclic) bond motifs is 1. The summed E-state index contributed by atoms with van der Waals surface area (Å²) < 4.78 is 16.7. The summed E-state index contributed by atoms with van der Waals surface area (Å²) in [4.78, 5) is 36.3. The standard InChI is InChI=1S/C18H25BrO6/c1-3-13(19)16(21)24-14(4-2)17(22)25-18-7-10-5-11(8-18)15(20)23-12(6-10)9-18/h10-14H,3-9H2,1-2H3. The Hall–Kier alpha value is -1.11. The lowest BCUT2D eigenvalue weighted by Gasteiger charge is -2.45. The average molecular weight is 417 g/mol. The SMILES string of the molecule is CCC(Br)C(=O)OC(CC)C(=O)OC12CC3CC(C1)OC(=O)C(C3)C2. The van der Waals surface area contributed by atoms with E-state index >= 15 is 0 Å². The molecule has 4 rings (SSSR count). The number of esters is 3. The molecule has 4 bridgehead atoms. The molecule has 140 valence electrons. The molecule has 0 aromatic rings. The summed E-state index contributed by atoms with van der Waals surface area (Å²) in [6, 6.07) is 0. The topological polar surface area (TPSA) is 78.9 Å². The summed E-state index contributed by atoms with van der Waals surface area (Å²) in [6.07, 6.45) is 3.38. The van der Waals surface area contributed by atoms with E-state index in [0.29, 0.717) is 31.6 Å². The Morgan fingerprint density at radius 1 is 1.20 bits per heavy atom. The molecule has 6 nitrogen and oxygen atoms in total. The van der Waals surface area contributed by atoms with Crippen LogP contribution in [0, 0.1) is 11.8 Å². The zero-order valence-corrected chi connectivity index (χ0v) is 16.2. The van der Waals surface area contributed by atoms with Gasteiger partial charge in [0.15, 0.2) is 6.10 Å². The molecule has 0 amide bonds. The van der Waals surface area contributed by atoms with E-state index in [1.54, 1.807) is 6.92 Å². The van der Waals surface area contributed by atoms with Crippen molar-refractivity contribution in [2.24, 2.45) is 11.8 Å². The molecule has 6 unspecified atom stereocenters. The molecule has 4 aliphatic rings. The first-order chi connectivity index (χ1) is 11.9. The number of hydrogen-bond acceptors (Lipinski definition) is 6. The van der Waals surface area contributed by atoms with Crippen LogP contribution in [-0.2, 0) is 28.6 Å². The Balaban J connectivity index is 1.69. The van der Waals surface area contributed by atoms with Gasteiger partial charge in [0.05, 0.1) is 5.92 Å². The summed E-state index contributed by atoms with van der Waals surface area (Å²) >= 11 is 3.24. The molecule has 0 spiro atoms. The van der Waals surface area contributed by atoms with Gasteiger partial charge in [0.25, 0.3) is 0 Å². The van der Waals surface area contributed by atoms with Crippen molar-refractivity contribution >= 4 is 33.8 Å². The average Bonchev–Trinajstić information content (AvgIpc) is 2.72. The van der Waals surface area contributed by atoms with E-state index in [2.05, 4.69) is 15.9 Å². The molecule has 0 aromatic carbocycles. The van der Waals surface area contributed by atoms with Gasteiger partial charge >= 0.3 is 17.9 Å². The van der Waals surface area contributed by atoms with Crippen molar-refractivity contribution in [2.75, 3.05) is 0 Å². The fourth-order valence-corrected chi connectivity index (χ4v) is 4.56. The first kappa shape index (κ1) is 18.7. The fraction of sp³-hybridized carbons (Fsp3) is 0.833. The Morgan fingerprint density at radius 2 is 1.96 bits per heavy atom. The Labute approximate surface area is 156 Å². The Kier molecular flexibility index (Phi) is 5.42. The maximum Gasteiger partial charge on any atom is 0.347 e. The summed E-state index contributed by atoms with van der Waals surface area (Å²) in [5.41, 5.74) is -0.655. The molecule has 2 heterocycles. The predicted octanol–water partition coefficient (Wildman–Crippen LogP) is 2.90. The third-order valence-electron chi connectivity index (χ3n) is 5.53. The normalized spacial score (nSPS) is 35.5. The number of ether oxygens (including phenoxy) is 3. The molecular weight excluding hydrogens is 392 g/mol. The van der Waals surface area contributed by atoms with Crippen LogP contribution in [0.1, 0.15) is 58.8 Å². The lowest BCUT2D eigenvalue weighted by atomic mass is 9.65. The molecule has 2 aliphatic carbocycles. The monoisotopic (exact) mass is 416 g/mol. The van der Waals surface area contributed by atoms with Crippen LogP contribution in [-0.4, -0.2) is 40.5 Å². The van der Waals surface area contributed by atoms with E-state index in [1.807, 2.05) is 6.92 Å². The highest BCUT2D eigenvalue weighted by molar-refractivity contribution is 9.10. The maximum atomic E-state index is 12.7. The zero-order chi connectivity index (χ0) is 18.2. The largest absolute Gasteiger partial charge is 0.462 e. The van der Waals surface area contributed by atoms with Crippen LogP contribution in [0.3, 0.4) is 0 Å². The van der Waals surface area contributed by atoms with Crippen LogP contribution in [0.4, 0.5) is 0 Å². The van der Waals surface area contributed by atoms with Crippen molar-refractivity contribution in [1.29, 1.82) is 0 Å². The third-order valence-corrected chi connectivity index (χ3v) is 6.55. The molecule has 2 saturated heterocycles. The van der Waals surface area contributed by atoms with Gasteiger partial charge in [0.1, 0.15) is 16.5 Å². The van der Waals surface area contributed by atoms with Crippen LogP contribution in [0.2, 0.25) is 0 Å². The number of hydrogen-bond donors (Lipinski definition) is 0. The minimum Gasteiger partial charge on any atom is -0.462 e. The first-order valence-electron chi connectivity index (χ1n) is 9.13. The van der Waals surface area contributed by atoms with E-state index in [4.69, 9.17) is 14.2 Å². The highest BCUT2D eigenvalue weighted by atomic mass is 79.9. The fourth-order valence-electron chi connectivity index (χ4n) is 4.46. The van der Waals surface area contributed by atoms with E-state index < -0.39 is 28.5 Å². The second-order valence-corrected chi connectivity index (χ2v) is 8.62. The second-order valence-electron chi connectivity index (χ2n) is 7.52. The van der Waals surface area contributed by atoms with Gasteiger partial charge in [-0.15, -0.1) is 0 Å². The molecule has 7 heteroatoms. The van der Waals surface area contributed by atoms with Crippen molar-refractivity contribution in [3.05, 3.63) is 0 Å². The van der Waals surface area contributed by atoms with Gasteiger partial charge in [0.2, 0.25) is 0 Å². The lowest BCUT2D eigenvalue weighted by Crippen LogP contribution is -2.49. The van der Waals surface area contributed by atoms with Crippen molar-refractivity contribution < 1.29 is 28.6 Å². The minimum absolute atomic E-state index is 0.159. The van der Waals surface area contributed by atoms with Crippen LogP contribution >= 0.6 is 15.9 Å². The summed E-state index contributed by atoms with van der Waals surface area (Å²) in [7, 11) is 0. The van der Waals surface area contributed by atoms with Crippen LogP contribution in [0.5, 0.6) is 0 Å². The number of rotatable bonds is 6. The third kappa shape index (κ3) is 3.86. The van der Waals surface area contributed by atoms with Crippen LogP contribution < -0.4 is 0 Å². The van der Waals surface area contributed by atoms with Gasteiger partial charge in [-0.1, -0.05) is 29.8 Å². The Morgan fingerprint density at radius 3 is 2.64 bits per heavy atom.